The lowest BCUT2D eigenvalue weighted by molar-refractivity contribution is 0.0879. The van der Waals surface area contributed by atoms with Gasteiger partial charge < -0.3 is 24.1 Å². The predicted octanol–water partition coefficient (Wildman–Crippen LogP) is 3.03. The van der Waals surface area contributed by atoms with E-state index in [1.807, 2.05) is 0 Å². The predicted molar refractivity (Wildman–Crippen MR) is 112 cm³/mol. The van der Waals surface area contributed by atoms with Crippen LogP contribution in [0.1, 0.15) is 36.0 Å². The van der Waals surface area contributed by atoms with Crippen LogP contribution in [0.25, 0.3) is 0 Å². The molecule has 0 bridgehead atoms. The minimum absolute atomic E-state index is 0.0711. The van der Waals surface area contributed by atoms with Crippen molar-refractivity contribution in [3.8, 4) is 23.1 Å². The molecule has 2 aliphatic carbocycles. The minimum Gasteiger partial charge on any atom is -0.493 e. The second-order valence-electron chi connectivity index (χ2n) is 8.33. The molecule has 2 heterocycles. The molecule has 0 radical (unpaired) electrons. The fourth-order valence-electron chi connectivity index (χ4n) is 3.53. The van der Waals surface area contributed by atoms with E-state index in [9.17, 15) is 9.90 Å². The smallest absolute Gasteiger partial charge is 0.266 e. The van der Waals surface area contributed by atoms with Crippen LogP contribution in [0, 0.1) is 11.8 Å². The summed E-state index contributed by atoms with van der Waals surface area (Å²) in [7, 11) is 1.54. The maximum Gasteiger partial charge on any atom is 0.266 e. The minimum atomic E-state index is -0.469. The van der Waals surface area contributed by atoms with Crippen molar-refractivity contribution in [1.82, 2.24) is 4.98 Å². The topological polar surface area (TPSA) is 90.4 Å². The SMILES string of the molecule is COc1cc(N2COc3cc(OCC4CC4)ncc3C2=O)ccc1OC[C@H](O)C1CC1. The normalized spacial score (nSPS) is 18.8. The van der Waals surface area contributed by atoms with Crippen LogP contribution in [-0.4, -0.2) is 49.2 Å². The molecule has 3 aliphatic rings. The molecule has 1 aromatic carbocycles. The maximum atomic E-state index is 13.0. The van der Waals surface area contributed by atoms with Gasteiger partial charge in [0.25, 0.3) is 5.91 Å². The number of pyridine rings is 1. The number of methoxy groups -OCH3 is 1. The number of rotatable bonds is 9. The quantitative estimate of drug-likeness (QED) is 0.659. The molecule has 1 amide bonds. The van der Waals surface area contributed by atoms with Crippen molar-refractivity contribution in [2.24, 2.45) is 11.8 Å². The second kappa shape index (κ2) is 8.26. The van der Waals surface area contributed by atoms with Crippen LogP contribution in [0.2, 0.25) is 0 Å². The van der Waals surface area contributed by atoms with Crippen LogP contribution in [0.3, 0.4) is 0 Å². The third-order valence-electron chi connectivity index (χ3n) is 5.86. The third-order valence-corrected chi connectivity index (χ3v) is 5.86. The summed E-state index contributed by atoms with van der Waals surface area (Å²) in [6.45, 7) is 0.940. The Morgan fingerprint density at radius 2 is 2.03 bits per heavy atom. The molecular formula is C23H26N2O6. The molecule has 2 fully saturated rings. The number of anilines is 1. The average Bonchev–Trinajstić information content (AvgIpc) is 3.70. The number of benzene rings is 1. The highest BCUT2D eigenvalue weighted by atomic mass is 16.5. The van der Waals surface area contributed by atoms with E-state index in [-0.39, 0.29) is 19.2 Å². The zero-order valence-electron chi connectivity index (χ0n) is 17.5. The molecule has 164 valence electrons. The van der Waals surface area contributed by atoms with E-state index in [2.05, 4.69) is 4.98 Å². The Hall–Kier alpha value is -3.00. The summed E-state index contributed by atoms with van der Waals surface area (Å²) in [6, 6.07) is 6.92. The van der Waals surface area contributed by atoms with Gasteiger partial charge in [0.15, 0.2) is 18.2 Å². The molecule has 1 N–H and O–H groups in total. The Balaban J connectivity index is 1.29. The summed E-state index contributed by atoms with van der Waals surface area (Å²) >= 11 is 0. The lowest BCUT2D eigenvalue weighted by Gasteiger charge is -2.29. The van der Waals surface area contributed by atoms with Gasteiger partial charge >= 0.3 is 0 Å². The fourth-order valence-corrected chi connectivity index (χ4v) is 3.53. The van der Waals surface area contributed by atoms with E-state index in [0.717, 1.165) is 12.8 Å². The molecule has 0 unspecified atom stereocenters. The highest BCUT2D eigenvalue weighted by Crippen LogP contribution is 2.37. The first-order valence-corrected chi connectivity index (χ1v) is 10.7. The molecule has 1 aliphatic heterocycles. The van der Waals surface area contributed by atoms with Gasteiger partial charge in [0, 0.05) is 18.3 Å². The first-order chi connectivity index (χ1) is 15.1. The number of nitrogens with zero attached hydrogens (tertiary/aromatic N) is 2. The number of carbonyl (C=O) groups excluding carboxylic acids is 1. The van der Waals surface area contributed by atoms with Crippen LogP contribution in [0.5, 0.6) is 23.1 Å². The molecule has 1 aromatic heterocycles. The number of ether oxygens (including phenoxy) is 4. The van der Waals surface area contributed by atoms with Gasteiger partial charge in [0.2, 0.25) is 5.88 Å². The number of fused-ring (bicyclic) bond motifs is 1. The first kappa shape index (κ1) is 19.9. The van der Waals surface area contributed by atoms with Gasteiger partial charge in [0.1, 0.15) is 17.9 Å². The van der Waals surface area contributed by atoms with Crippen molar-refractivity contribution >= 4 is 11.6 Å². The molecule has 31 heavy (non-hydrogen) atoms. The summed E-state index contributed by atoms with van der Waals surface area (Å²) in [5.74, 6) is 2.71. The van der Waals surface area contributed by atoms with Crippen LogP contribution in [0.4, 0.5) is 5.69 Å². The zero-order chi connectivity index (χ0) is 21.4. The number of aliphatic hydroxyl groups excluding tert-OH is 1. The standard InChI is InChI=1S/C23H26N2O6/c1-28-21-8-16(6-7-19(21)29-12-18(26)15-4-5-15)25-13-31-20-9-22(30-11-14-2-3-14)24-10-17(20)23(25)27/h6-10,14-15,18,26H,2-5,11-13H2,1H3/t18-/m0/s1. The van der Waals surface area contributed by atoms with Gasteiger partial charge in [-0.05, 0) is 49.7 Å². The molecule has 2 aromatic rings. The number of aliphatic hydroxyl groups is 1. The summed E-state index contributed by atoms with van der Waals surface area (Å²) in [5, 5.41) is 10.0. The first-order valence-electron chi connectivity index (χ1n) is 10.7. The van der Waals surface area contributed by atoms with Gasteiger partial charge in [-0.25, -0.2) is 4.98 Å². The molecule has 8 nitrogen and oxygen atoms in total. The summed E-state index contributed by atoms with van der Waals surface area (Å²) in [4.78, 5) is 18.8. The Bertz CT molecular complexity index is 973. The largest absolute Gasteiger partial charge is 0.493 e. The average molecular weight is 426 g/mol. The molecule has 0 spiro atoms. The van der Waals surface area contributed by atoms with Crippen molar-refractivity contribution in [2.45, 2.75) is 31.8 Å². The molecule has 2 saturated carbocycles. The highest BCUT2D eigenvalue weighted by molar-refractivity contribution is 6.08. The lowest BCUT2D eigenvalue weighted by atomic mass is 10.1. The number of carbonyl (C=O) groups is 1. The fraction of sp³-hybridized carbons (Fsp3) is 0.478. The van der Waals surface area contributed by atoms with Crippen molar-refractivity contribution in [1.29, 1.82) is 0 Å². The molecule has 0 saturated heterocycles. The Kier molecular flexibility index (Phi) is 5.31. The molecular weight excluding hydrogens is 400 g/mol. The van der Waals surface area contributed by atoms with Gasteiger partial charge in [-0.15, -0.1) is 0 Å². The van der Waals surface area contributed by atoms with E-state index in [1.165, 1.54) is 23.9 Å². The zero-order valence-corrected chi connectivity index (χ0v) is 17.5. The summed E-state index contributed by atoms with van der Waals surface area (Å²) < 4.78 is 22.7. The summed E-state index contributed by atoms with van der Waals surface area (Å²) in [6.07, 6.45) is 5.51. The number of hydrogen-bond acceptors (Lipinski definition) is 7. The maximum absolute atomic E-state index is 13.0. The van der Waals surface area contributed by atoms with E-state index in [4.69, 9.17) is 18.9 Å². The number of amides is 1. The molecule has 1 atom stereocenters. The monoisotopic (exact) mass is 426 g/mol. The van der Waals surface area contributed by atoms with E-state index < -0.39 is 6.10 Å². The highest BCUT2D eigenvalue weighted by Gasteiger charge is 2.31. The van der Waals surface area contributed by atoms with Gasteiger partial charge in [-0.2, -0.15) is 0 Å². The van der Waals surface area contributed by atoms with Gasteiger partial charge in [0.05, 0.1) is 25.5 Å². The van der Waals surface area contributed by atoms with E-state index in [1.54, 1.807) is 31.4 Å². The third kappa shape index (κ3) is 4.39. The van der Waals surface area contributed by atoms with E-state index in [0.29, 0.717) is 52.8 Å². The van der Waals surface area contributed by atoms with E-state index >= 15 is 0 Å². The van der Waals surface area contributed by atoms with Crippen LogP contribution < -0.4 is 23.8 Å². The van der Waals surface area contributed by atoms with Crippen LogP contribution in [0.15, 0.2) is 30.5 Å². The van der Waals surface area contributed by atoms with Crippen molar-refractivity contribution in [3.05, 3.63) is 36.0 Å². The molecule has 5 rings (SSSR count). The Morgan fingerprint density at radius 3 is 2.77 bits per heavy atom. The lowest BCUT2D eigenvalue weighted by Crippen LogP contribution is -2.38. The Labute approximate surface area is 180 Å². The van der Waals surface area contributed by atoms with Crippen molar-refractivity contribution in [3.63, 3.8) is 0 Å². The molecule has 8 heteroatoms. The number of hydrogen-bond donors (Lipinski definition) is 1. The van der Waals surface area contributed by atoms with Gasteiger partial charge in [-0.3, -0.25) is 9.69 Å². The summed E-state index contributed by atoms with van der Waals surface area (Å²) in [5.41, 5.74) is 1.01. The van der Waals surface area contributed by atoms with Crippen molar-refractivity contribution < 1.29 is 28.8 Å². The van der Waals surface area contributed by atoms with Crippen molar-refractivity contribution in [2.75, 3.05) is 32.0 Å². The van der Waals surface area contributed by atoms with Crippen LogP contribution >= 0.6 is 0 Å². The Morgan fingerprint density at radius 1 is 1.19 bits per heavy atom. The number of aromatic nitrogens is 1. The van der Waals surface area contributed by atoms with Gasteiger partial charge in [-0.1, -0.05) is 0 Å². The van der Waals surface area contributed by atoms with Crippen LogP contribution in [-0.2, 0) is 0 Å². The second-order valence-corrected chi connectivity index (χ2v) is 8.33.